The Morgan fingerprint density at radius 1 is 1.77 bits per heavy atom. The second kappa shape index (κ2) is 2.49. The van der Waals surface area contributed by atoms with Crippen LogP contribution in [0.25, 0.3) is 0 Å². The third kappa shape index (κ3) is 1.06. The van der Waals surface area contributed by atoms with Crippen LogP contribution in [-0.4, -0.2) is 11.1 Å². The number of rotatable bonds is 1. The third-order valence-electron chi connectivity index (χ3n) is 2.35. The maximum absolute atomic E-state index is 10.9. The first-order valence-corrected chi connectivity index (χ1v) is 4.23. The van der Waals surface area contributed by atoms with E-state index in [1.54, 1.807) is 6.07 Å². The van der Waals surface area contributed by atoms with Crippen LogP contribution >= 0.6 is 11.6 Å². The highest BCUT2D eigenvalue weighted by Crippen LogP contribution is 2.38. The van der Waals surface area contributed by atoms with Gasteiger partial charge in [0, 0.05) is 0 Å². The highest BCUT2D eigenvalue weighted by Gasteiger charge is 2.45. The van der Waals surface area contributed by atoms with Crippen molar-refractivity contribution in [1.29, 1.82) is 0 Å². The van der Waals surface area contributed by atoms with Gasteiger partial charge >= 0.3 is 5.97 Å². The average molecular weight is 202 g/mol. The first-order valence-electron chi connectivity index (χ1n) is 3.85. The van der Waals surface area contributed by atoms with Crippen LogP contribution in [0.15, 0.2) is 10.5 Å². The summed E-state index contributed by atoms with van der Waals surface area (Å²) in [7, 11) is 0. The van der Waals surface area contributed by atoms with Crippen molar-refractivity contribution >= 4 is 17.6 Å². The second-order valence-electron chi connectivity index (χ2n) is 3.18. The maximum Gasteiger partial charge on any atom is 0.331 e. The van der Waals surface area contributed by atoms with E-state index in [0.29, 0.717) is 18.6 Å². The number of fused-ring (bicyclic) bond motifs is 1. The molecular weight excluding hydrogens is 194 g/mol. The van der Waals surface area contributed by atoms with Crippen molar-refractivity contribution in [3.63, 3.8) is 0 Å². The molecule has 13 heavy (non-hydrogen) atoms. The Morgan fingerprint density at radius 3 is 3.08 bits per heavy atom. The quantitative estimate of drug-likeness (QED) is 0.714. The fourth-order valence-electron chi connectivity index (χ4n) is 1.61. The normalized spacial score (nSPS) is 26.0. The lowest BCUT2D eigenvalue weighted by atomic mass is 10.00. The first-order chi connectivity index (χ1) is 6.04. The highest BCUT2D eigenvalue weighted by molar-refractivity contribution is 6.29. The van der Waals surface area contributed by atoms with Crippen molar-refractivity contribution in [3.8, 4) is 0 Å². The monoisotopic (exact) mass is 201 g/mol. The summed E-state index contributed by atoms with van der Waals surface area (Å²) < 4.78 is 5.06. The van der Waals surface area contributed by atoms with Crippen LogP contribution in [0.2, 0.25) is 5.22 Å². The standard InChI is InChI=1S/C8H8ClNO3/c9-5-3-4-1-2-8(10,7(11)12)6(4)13-5/h3H,1-2,10H2,(H,11,12). The Bertz CT molecular complexity index is 373. The molecule has 1 heterocycles. The molecule has 0 aromatic carbocycles. The third-order valence-corrected chi connectivity index (χ3v) is 2.54. The molecule has 0 fully saturated rings. The molecule has 70 valence electrons. The van der Waals surface area contributed by atoms with Crippen molar-refractivity contribution in [1.82, 2.24) is 0 Å². The Kier molecular flexibility index (Phi) is 1.65. The number of carbonyl (C=O) groups is 1. The average Bonchev–Trinajstić information content (AvgIpc) is 2.53. The topological polar surface area (TPSA) is 76.5 Å². The Morgan fingerprint density at radius 2 is 2.46 bits per heavy atom. The van der Waals surface area contributed by atoms with Gasteiger partial charge in [-0.15, -0.1) is 0 Å². The Balaban J connectivity index is 2.53. The minimum absolute atomic E-state index is 0.195. The number of carboxylic acids is 1. The highest BCUT2D eigenvalue weighted by atomic mass is 35.5. The molecule has 5 heteroatoms. The molecule has 0 saturated heterocycles. The van der Waals surface area contributed by atoms with Crippen LogP contribution in [0.1, 0.15) is 17.7 Å². The molecular formula is C8H8ClNO3. The zero-order chi connectivity index (χ0) is 9.64. The largest absolute Gasteiger partial charge is 0.480 e. The number of furan rings is 1. The van der Waals surface area contributed by atoms with Gasteiger partial charge in [-0.2, -0.15) is 0 Å². The van der Waals surface area contributed by atoms with Crippen LogP contribution in [-0.2, 0) is 16.8 Å². The van der Waals surface area contributed by atoms with Gasteiger partial charge in [0.1, 0.15) is 5.76 Å². The van der Waals surface area contributed by atoms with Crippen LogP contribution in [0.5, 0.6) is 0 Å². The molecule has 1 atom stereocenters. The molecule has 1 unspecified atom stereocenters. The number of hydrogen-bond acceptors (Lipinski definition) is 3. The molecule has 4 nitrogen and oxygen atoms in total. The number of carboxylic acid groups (broad SMARTS) is 1. The van der Waals surface area contributed by atoms with Gasteiger partial charge in [0.2, 0.25) is 0 Å². The molecule has 1 aliphatic rings. The van der Waals surface area contributed by atoms with E-state index in [1.807, 2.05) is 0 Å². The fourth-order valence-corrected chi connectivity index (χ4v) is 1.82. The van der Waals surface area contributed by atoms with Gasteiger partial charge in [0.15, 0.2) is 10.8 Å². The van der Waals surface area contributed by atoms with Crippen molar-refractivity contribution in [2.45, 2.75) is 18.4 Å². The van der Waals surface area contributed by atoms with Crippen LogP contribution in [0.4, 0.5) is 0 Å². The van der Waals surface area contributed by atoms with Crippen LogP contribution < -0.4 is 5.73 Å². The minimum Gasteiger partial charge on any atom is -0.480 e. The van der Waals surface area contributed by atoms with E-state index in [4.69, 9.17) is 26.9 Å². The smallest absolute Gasteiger partial charge is 0.331 e. The minimum atomic E-state index is -1.39. The summed E-state index contributed by atoms with van der Waals surface area (Å²) in [6.45, 7) is 0. The lowest BCUT2D eigenvalue weighted by Gasteiger charge is -2.16. The maximum atomic E-state index is 10.9. The van der Waals surface area contributed by atoms with E-state index in [9.17, 15) is 4.79 Å². The molecule has 0 amide bonds. The molecule has 3 N–H and O–H groups in total. The van der Waals surface area contributed by atoms with E-state index >= 15 is 0 Å². The van der Waals surface area contributed by atoms with Crippen molar-refractivity contribution in [3.05, 3.63) is 22.6 Å². The SMILES string of the molecule is NC1(C(=O)O)CCc2cc(Cl)oc21. The lowest BCUT2D eigenvalue weighted by Crippen LogP contribution is -2.42. The van der Waals surface area contributed by atoms with E-state index in [0.717, 1.165) is 5.56 Å². The number of aliphatic carboxylic acids is 1. The summed E-state index contributed by atoms with van der Waals surface area (Å²) in [5.41, 5.74) is 5.09. The lowest BCUT2D eigenvalue weighted by molar-refractivity contribution is -0.144. The number of nitrogens with two attached hydrogens (primary N) is 1. The second-order valence-corrected chi connectivity index (χ2v) is 3.55. The Labute approximate surface area is 79.3 Å². The van der Waals surface area contributed by atoms with Crippen molar-refractivity contribution in [2.75, 3.05) is 0 Å². The van der Waals surface area contributed by atoms with Crippen molar-refractivity contribution < 1.29 is 14.3 Å². The summed E-state index contributed by atoms with van der Waals surface area (Å²) in [4.78, 5) is 10.9. The molecule has 0 spiro atoms. The molecule has 0 saturated carbocycles. The van der Waals surface area contributed by atoms with E-state index in [2.05, 4.69) is 0 Å². The summed E-state index contributed by atoms with van der Waals surface area (Å²) in [5.74, 6) is -0.776. The van der Waals surface area contributed by atoms with Gasteiger partial charge in [-0.3, -0.25) is 0 Å². The molecule has 1 aromatic heterocycles. The van der Waals surface area contributed by atoms with Gasteiger partial charge in [-0.1, -0.05) is 0 Å². The zero-order valence-corrected chi connectivity index (χ0v) is 7.47. The number of halogens is 1. The van der Waals surface area contributed by atoms with Crippen molar-refractivity contribution in [2.24, 2.45) is 5.73 Å². The fraction of sp³-hybridized carbons (Fsp3) is 0.375. The first kappa shape index (κ1) is 8.59. The van der Waals surface area contributed by atoms with Gasteiger partial charge in [-0.05, 0) is 36.1 Å². The molecule has 0 aliphatic heterocycles. The molecule has 1 aromatic rings. The van der Waals surface area contributed by atoms with Crippen LogP contribution in [0, 0.1) is 0 Å². The summed E-state index contributed by atoms with van der Waals surface area (Å²) in [5, 5.41) is 9.10. The van der Waals surface area contributed by atoms with E-state index in [1.165, 1.54) is 0 Å². The predicted molar refractivity (Wildman–Crippen MR) is 45.5 cm³/mol. The molecule has 1 aliphatic carbocycles. The molecule has 2 rings (SSSR count). The van der Waals surface area contributed by atoms with E-state index < -0.39 is 11.5 Å². The molecule has 0 radical (unpaired) electrons. The molecule has 0 bridgehead atoms. The van der Waals surface area contributed by atoms with Gasteiger partial charge in [-0.25, -0.2) is 4.79 Å². The summed E-state index contributed by atoms with van der Waals surface area (Å²) in [6.07, 6.45) is 0.974. The number of hydrogen-bond donors (Lipinski definition) is 2. The predicted octanol–water partition coefficient (Wildman–Crippen LogP) is 1.12. The Hall–Kier alpha value is -1.00. The van der Waals surface area contributed by atoms with Gasteiger partial charge < -0.3 is 15.3 Å². The van der Waals surface area contributed by atoms with E-state index in [-0.39, 0.29) is 5.22 Å². The number of aryl methyl sites for hydroxylation is 1. The van der Waals surface area contributed by atoms with Gasteiger partial charge in [0.25, 0.3) is 0 Å². The summed E-state index contributed by atoms with van der Waals surface area (Å²) in [6, 6.07) is 1.62. The van der Waals surface area contributed by atoms with Crippen LogP contribution in [0.3, 0.4) is 0 Å². The summed E-state index contributed by atoms with van der Waals surface area (Å²) >= 11 is 5.60. The zero-order valence-electron chi connectivity index (χ0n) is 6.71. The van der Waals surface area contributed by atoms with Gasteiger partial charge in [0.05, 0.1) is 0 Å².